The number of hydrogen-bond acceptors (Lipinski definition) is 8. The lowest BCUT2D eigenvalue weighted by Crippen LogP contribution is -2.29. The Bertz CT molecular complexity index is 1550. The van der Waals surface area contributed by atoms with E-state index in [9.17, 15) is 24.5 Å². The van der Waals surface area contributed by atoms with Gasteiger partial charge in [-0.25, -0.2) is 9.88 Å². The fourth-order valence-electron chi connectivity index (χ4n) is 3.62. The molecule has 9 nitrogen and oxygen atoms in total. The van der Waals surface area contributed by atoms with Crippen molar-refractivity contribution in [1.29, 1.82) is 0 Å². The van der Waals surface area contributed by atoms with Crippen LogP contribution in [0.4, 0.5) is 17.1 Å². The number of nitro groups is 1. The molecule has 0 bridgehead atoms. The van der Waals surface area contributed by atoms with E-state index in [1.807, 2.05) is 0 Å². The fourth-order valence-corrected chi connectivity index (χ4v) is 5.71. The van der Waals surface area contributed by atoms with Gasteiger partial charge in [-0.1, -0.05) is 41.6 Å². The summed E-state index contributed by atoms with van der Waals surface area (Å²) >= 11 is 8.61. The molecule has 0 spiro atoms. The van der Waals surface area contributed by atoms with Gasteiger partial charge in [-0.05, 0) is 36.4 Å². The van der Waals surface area contributed by atoms with Crippen molar-refractivity contribution in [3.05, 3.63) is 86.9 Å². The molecule has 0 aliphatic carbocycles. The summed E-state index contributed by atoms with van der Waals surface area (Å²) in [6.45, 7) is 0. The molecule has 0 atom stereocenters. The molecule has 12 heteroatoms. The number of para-hydroxylation sites is 1. The number of imide groups is 1. The van der Waals surface area contributed by atoms with Gasteiger partial charge in [0.1, 0.15) is 5.56 Å². The zero-order valence-electron chi connectivity index (χ0n) is 17.6. The molecule has 4 aromatic rings. The van der Waals surface area contributed by atoms with Crippen molar-refractivity contribution in [2.24, 2.45) is 0 Å². The molecule has 0 unspecified atom stereocenters. The Labute approximate surface area is 210 Å². The monoisotopic (exact) mass is 524 g/mol. The summed E-state index contributed by atoms with van der Waals surface area (Å²) in [5, 5.41) is 14.5. The number of amides is 3. The number of carbonyl (C=O) groups is 3. The second-order valence-corrected chi connectivity index (χ2v) is 10.0. The van der Waals surface area contributed by atoms with Gasteiger partial charge < -0.3 is 5.32 Å². The maximum absolute atomic E-state index is 13.0. The van der Waals surface area contributed by atoms with Gasteiger partial charge >= 0.3 is 0 Å². The number of fused-ring (bicyclic) bond motifs is 2. The quantitative estimate of drug-likeness (QED) is 0.155. The number of hydrogen-bond donors (Lipinski definition) is 1. The van der Waals surface area contributed by atoms with Crippen LogP contribution in [-0.2, 0) is 4.79 Å². The first-order chi connectivity index (χ1) is 16.8. The molecular weight excluding hydrogens is 512 g/mol. The van der Waals surface area contributed by atoms with Gasteiger partial charge in [0.15, 0.2) is 4.34 Å². The minimum atomic E-state index is -0.744. The van der Waals surface area contributed by atoms with Crippen LogP contribution in [0.2, 0.25) is 5.02 Å². The predicted octanol–water partition coefficient (Wildman–Crippen LogP) is 5.39. The average Bonchev–Trinajstić information content (AvgIpc) is 3.36. The topological polar surface area (TPSA) is 123 Å². The molecule has 174 valence electrons. The Hall–Kier alpha value is -3.80. The van der Waals surface area contributed by atoms with Gasteiger partial charge in [0.25, 0.3) is 17.5 Å². The number of thiazole rings is 1. The molecule has 2 heterocycles. The van der Waals surface area contributed by atoms with Crippen molar-refractivity contribution < 1.29 is 19.3 Å². The number of aromatic nitrogens is 1. The highest BCUT2D eigenvalue weighted by Gasteiger charge is 2.41. The maximum Gasteiger partial charge on any atom is 0.283 e. The van der Waals surface area contributed by atoms with Gasteiger partial charge in [0, 0.05) is 6.07 Å². The van der Waals surface area contributed by atoms with Crippen LogP contribution >= 0.6 is 34.7 Å². The van der Waals surface area contributed by atoms with Crippen LogP contribution in [0, 0.1) is 10.1 Å². The Morgan fingerprint density at radius 2 is 1.91 bits per heavy atom. The normalized spacial score (nSPS) is 12.8. The van der Waals surface area contributed by atoms with Crippen molar-refractivity contribution in [3.8, 4) is 0 Å². The minimum absolute atomic E-state index is 0.00521. The van der Waals surface area contributed by atoms with E-state index in [1.54, 1.807) is 42.5 Å². The third-order valence-corrected chi connectivity index (χ3v) is 7.67. The summed E-state index contributed by atoms with van der Waals surface area (Å²) in [6, 6.07) is 15.8. The molecule has 0 fully saturated rings. The zero-order chi connectivity index (χ0) is 24.7. The Morgan fingerprint density at radius 1 is 1.11 bits per heavy atom. The molecule has 1 aliphatic heterocycles. The summed E-state index contributed by atoms with van der Waals surface area (Å²) in [4.78, 5) is 54.2. The van der Waals surface area contributed by atoms with Crippen molar-refractivity contribution >= 4 is 79.7 Å². The highest BCUT2D eigenvalue weighted by Crippen LogP contribution is 2.37. The standard InChI is InChI=1S/C23H13ClN4O5S2/c24-14-5-1-2-6-15(14)25-19(29)11-34-23-26-16-9-8-12(10-18(16)35-23)27-21(30)13-4-3-7-17(28(32)33)20(13)22(27)31/h1-10H,11H2,(H,25,29). The number of benzene rings is 3. The van der Waals surface area contributed by atoms with Crippen molar-refractivity contribution in [1.82, 2.24) is 4.98 Å². The van der Waals surface area contributed by atoms with Gasteiger partial charge in [-0.15, -0.1) is 11.3 Å². The van der Waals surface area contributed by atoms with Crippen LogP contribution in [-0.4, -0.2) is 33.4 Å². The van der Waals surface area contributed by atoms with E-state index in [2.05, 4.69) is 10.3 Å². The number of thioether (sulfide) groups is 1. The first-order valence-corrected chi connectivity index (χ1v) is 12.3. The number of carbonyl (C=O) groups excluding carboxylic acids is 3. The van der Waals surface area contributed by atoms with E-state index >= 15 is 0 Å². The Morgan fingerprint density at radius 3 is 2.69 bits per heavy atom. The average molecular weight is 525 g/mol. The Balaban J connectivity index is 1.35. The molecule has 1 N–H and O–H groups in total. The van der Waals surface area contributed by atoms with Gasteiger partial charge in [-0.3, -0.25) is 24.5 Å². The molecule has 0 radical (unpaired) electrons. The highest BCUT2D eigenvalue weighted by atomic mass is 35.5. The first-order valence-electron chi connectivity index (χ1n) is 10.1. The molecule has 35 heavy (non-hydrogen) atoms. The highest BCUT2D eigenvalue weighted by molar-refractivity contribution is 8.01. The number of rotatable bonds is 6. The minimum Gasteiger partial charge on any atom is -0.324 e. The van der Waals surface area contributed by atoms with Gasteiger partial charge in [0.05, 0.1) is 42.9 Å². The zero-order valence-corrected chi connectivity index (χ0v) is 19.9. The molecular formula is C23H13ClN4O5S2. The van der Waals surface area contributed by atoms with E-state index in [0.717, 1.165) is 4.90 Å². The maximum atomic E-state index is 13.0. The van der Waals surface area contributed by atoms with Crippen LogP contribution in [0.15, 0.2) is 65.0 Å². The van der Waals surface area contributed by atoms with Crippen molar-refractivity contribution in [3.63, 3.8) is 0 Å². The molecule has 5 rings (SSSR count). The third-order valence-electron chi connectivity index (χ3n) is 5.17. The molecule has 3 amide bonds. The molecule has 0 saturated carbocycles. The predicted molar refractivity (Wildman–Crippen MR) is 135 cm³/mol. The second-order valence-electron chi connectivity index (χ2n) is 7.35. The summed E-state index contributed by atoms with van der Waals surface area (Å²) in [6.07, 6.45) is 0. The van der Waals surface area contributed by atoms with Crippen LogP contribution in [0.3, 0.4) is 0 Å². The summed E-state index contributed by atoms with van der Waals surface area (Å²) < 4.78 is 1.33. The second kappa shape index (κ2) is 9.10. The SMILES string of the molecule is O=C(CSc1nc2ccc(N3C(=O)c4cccc([N+](=O)[O-])c4C3=O)cc2s1)Nc1ccccc1Cl. The van der Waals surface area contributed by atoms with E-state index in [1.165, 1.54) is 41.3 Å². The first kappa shape index (κ1) is 23.0. The van der Waals surface area contributed by atoms with Crippen LogP contribution in [0.5, 0.6) is 0 Å². The van der Waals surface area contributed by atoms with Gasteiger partial charge in [-0.2, -0.15) is 0 Å². The lowest BCUT2D eigenvalue weighted by atomic mass is 10.1. The number of anilines is 2. The lowest BCUT2D eigenvalue weighted by molar-refractivity contribution is -0.385. The molecule has 1 aromatic heterocycles. The van der Waals surface area contributed by atoms with Crippen LogP contribution < -0.4 is 10.2 Å². The molecule has 0 saturated heterocycles. The summed E-state index contributed by atoms with van der Waals surface area (Å²) in [5.74, 6) is -1.49. The van der Waals surface area contributed by atoms with Gasteiger partial charge in [0.2, 0.25) is 5.91 Å². The summed E-state index contributed by atoms with van der Waals surface area (Å²) in [5.41, 5.74) is 0.818. The smallest absolute Gasteiger partial charge is 0.283 e. The van der Waals surface area contributed by atoms with E-state index < -0.39 is 22.4 Å². The molecule has 3 aromatic carbocycles. The number of nitrogens with one attached hydrogen (secondary N) is 1. The van der Waals surface area contributed by atoms with E-state index in [4.69, 9.17) is 11.6 Å². The van der Waals surface area contributed by atoms with Crippen molar-refractivity contribution in [2.45, 2.75) is 4.34 Å². The number of nitro benzene ring substituents is 1. The van der Waals surface area contributed by atoms with Crippen molar-refractivity contribution in [2.75, 3.05) is 16.0 Å². The largest absolute Gasteiger partial charge is 0.324 e. The van der Waals surface area contributed by atoms with E-state index in [-0.39, 0.29) is 28.5 Å². The summed E-state index contributed by atoms with van der Waals surface area (Å²) in [7, 11) is 0. The lowest BCUT2D eigenvalue weighted by Gasteiger charge is -2.13. The third kappa shape index (κ3) is 4.25. The number of halogens is 1. The fraction of sp³-hybridized carbons (Fsp3) is 0.0435. The van der Waals surface area contributed by atoms with E-state index in [0.29, 0.717) is 25.3 Å². The number of nitrogens with zero attached hydrogens (tertiary/aromatic N) is 3. The van der Waals surface area contributed by atoms with Crippen LogP contribution in [0.1, 0.15) is 20.7 Å². The van der Waals surface area contributed by atoms with Crippen LogP contribution in [0.25, 0.3) is 10.2 Å². The Kier molecular flexibility index (Phi) is 5.97. The molecule has 1 aliphatic rings.